The zero-order valence-electron chi connectivity index (χ0n) is 19.6. The first-order valence-corrected chi connectivity index (χ1v) is 11.7. The molecule has 7 heteroatoms. The van der Waals surface area contributed by atoms with Gasteiger partial charge in [0.1, 0.15) is 17.1 Å². The first kappa shape index (κ1) is 21.8. The first-order chi connectivity index (χ1) is 16.7. The van der Waals surface area contributed by atoms with E-state index in [1.807, 2.05) is 96.4 Å². The Morgan fingerprint density at radius 2 is 1.68 bits per heavy atom. The molecule has 0 saturated carbocycles. The molecule has 1 aliphatic rings. The normalized spacial score (nSPS) is 13.8. The van der Waals surface area contributed by atoms with Gasteiger partial charge in [0, 0.05) is 39.4 Å². The highest BCUT2D eigenvalue weighted by molar-refractivity contribution is 5.94. The van der Waals surface area contributed by atoms with Crippen LogP contribution in [0.3, 0.4) is 0 Å². The maximum absolute atomic E-state index is 13.7. The molecule has 1 amide bonds. The second kappa shape index (κ2) is 9.47. The van der Waals surface area contributed by atoms with Gasteiger partial charge in [-0.3, -0.25) is 4.79 Å². The van der Waals surface area contributed by atoms with E-state index in [0.717, 1.165) is 41.6 Å². The standard InChI is InChI=1S/C27H29N5O2/c1-3-34-26-14-8-7-12-24(26)30-16-18-31(19-17-30)27(33)25-20-22(23-13-9-15-29(23)2)28-32(25)21-10-5-4-6-11-21/h4-15,20H,3,16-19H2,1-2H3. The third-order valence-corrected chi connectivity index (χ3v) is 6.21. The minimum Gasteiger partial charge on any atom is -0.492 e. The number of carbonyl (C=O) groups excluding carboxylic acids is 1. The molecule has 1 fully saturated rings. The molecule has 0 aliphatic carbocycles. The fourth-order valence-electron chi connectivity index (χ4n) is 4.46. The highest BCUT2D eigenvalue weighted by atomic mass is 16.5. The van der Waals surface area contributed by atoms with Gasteiger partial charge < -0.3 is 19.1 Å². The van der Waals surface area contributed by atoms with Crippen molar-refractivity contribution in [3.63, 3.8) is 0 Å². The summed E-state index contributed by atoms with van der Waals surface area (Å²) < 4.78 is 9.59. The zero-order valence-corrected chi connectivity index (χ0v) is 19.6. The Labute approximate surface area is 199 Å². The average Bonchev–Trinajstić information content (AvgIpc) is 3.51. The number of rotatable bonds is 6. The Bertz CT molecular complexity index is 1270. The van der Waals surface area contributed by atoms with Gasteiger partial charge in [0.2, 0.25) is 0 Å². The van der Waals surface area contributed by atoms with Gasteiger partial charge in [-0.2, -0.15) is 5.10 Å². The molecule has 7 nitrogen and oxygen atoms in total. The summed E-state index contributed by atoms with van der Waals surface area (Å²) in [4.78, 5) is 17.9. The van der Waals surface area contributed by atoms with Gasteiger partial charge in [-0.15, -0.1) is 0 Å². The number of hydrogen-bond donors (Lipinski definition) is 0. The van der Waals surface area contributed by atoms with Crippen molar-refractivity contribution in [1.29, 1.82) is 0 Å². The Kier molecular flexibility index (Phi) is 6.08. The number of para-hydroxylation sites is 3. The van der Waals surface area contributed by atoms with Crippen molar-refractivity contribution in [3.8, 4) is 22.8 Å². The minimum atomic E-state index is -0.00504. The molecule has 4 aromatic rings. The fraction of sp³-hybridized carbons (Fsp3) is 0.259. The van der Waals surface area contributed by atoms with Crippen LogP contribution in [0.2, 0.25) is 0 Å². The highest BCUT2D eigenvalue weighted by Crippen LogP contribution is 2.29. The van der Waals surface area contributed by atoms with Crippen molar-refractivity contribution in [3.05, 3.63) is 84.7 Å². The zero-order chi connectivity index (χ0) is 23.5. The number of aromatic nitrogens is 3. The number of amides is 1. The number of ether oxygens (including phenoxy) is 1. The Morgan fingerprint density at radius 3 is 2.38 bits per heavy atom. The van der Waals surface area contributed by atoms with Gasteiger partial charge in [-0.25, -0.2) is 4.68 Å². The molecule has 0 bridgehead atoms. The van der Waals surface area contributed by atoms with E-state index in [2.05, 4.69) is 11.0 Å². The number of piperazine rings is 1. The monoisotopic (exact) mass is 455 g/mol. The van der Waals surface area contributed by atoms with E-state index in [-0.39, 0.29) is 5.91 Å². The van der Waals surface area contributed by atoms with Gasteiger partial charge in [-0.1, -0.05) is 30.3 Å². The smallest absolute Gasteiger partial charge is 0.272 e. The van der Waals surface area contributed by atoms with E-state index >= 15 is 0 Å². The van der Waals surface area contributed by atoms with Gasteiger partial charge in [0.15, 0.2) is 0 Å². The molecule has 3 heterocycles. The van der Waals surface area contributed by atoms with Crippen LogP contribution in [0, 0.1) is 0 Å². The molecular formula is C27H29N5O2. The summed E-state index contributed by atoms with van der Waals surface area (Å²) in [5.74, 6) is 0.883. The summed E-state index contributed by atoms with van der Waals surface area (Å²) in [5, 5.41) is 4.82. The van der Waals surface area contributed by atoms with Gasteiger partial charge in [0.25, 0.3) is 5.91 Å². The molecule has 174 valence electrons. The molecule has 2 aromatic carbocycles. The first-order valence-electron chi connectivity index (χ1n) is 11.7. The van der Waals surface area contributed by atoms with Crippen molar-refractivity contribution in [2.75, 3.05) is 37.7 Å². The molecule has 0 radical (unpaired) electrons. The van der Waals surface area contributed by atoms with Crippen molar-refractivity contribution < 1.29 is 9.53 Å². The Hall–Kier alpha value is -4.00. The molecule has 34 heavy (non-hydrogen) atoms. The number of carbonyl (C=O) groups is 1. The summed E-state index contributed by atoms with van der Waals surface area (Å²) in [6.07, 6.45) is 1.98. The van der Waals surface area contributed by atoms with Gasteiger partial charge in [-0.05, 0) is 49.4 Å². The van der Waals surface area contributed by atoms with Crippen molar-refractivity contribution >= 4 is 11.6 Å². The quantitative estimate of drug-likeness (QED) is 0.436. The summed E-state index contributed by atoms with van der Waals surface area (Å²) in [7, 11) is 1.98. The van der Waals surface area contributed by atoms with Crippen molar-refractivity contribution in [1.82, 2.24) is 19.2 Å². The maximum Gasteiger partial charge on any atom is 0.272 e. The lowest BCUT2D eigenvalue weighted by Gasteiger charge is -2.36. The van der Waals surface area contributed by atoms with Crippen molar-refractivity contribution in [2.24, 2.45) is 7.05 Å². The third-order valence-electron chi connectivity index (χ3n) is 6.21. The number of anilines is 1. The maximum atomic E-state index is 13.7. The van der Waals surface area contributed by atoms with E-state index in [0.29, 0.717) is 25.4 Å². The Balaban J connectivity index is 1.40. The van der Waals surface area contributed by atoms with Crippen LogP contribution in [-0.4, -0.2) is 57.9 Å². The fourth-order valence-corrected chi connectivity index (χ4v) is 4.46. The predicted molar refractivity (Wildman–Crippen MR) is 134 cm³/mol. The number of nitrogens with zero attached hydrogens (tertiary/aromatic N) is 5. The summed E-state index contributed by atoms with van der Waals surface area (Å²) in [6, 6.07) is 23.8. The van der Waals surface area contributed by atoms with Crippen LogP contribution in [0.4, 0.5) is 5.69 Å². The number of hydrogen-bond acceptors (Lipinski definition) is 4. The lowest BCUT2D eigenvalue weighted by Crippen LogP contribution is -2.49. The lowest BCUT2D eigenvalue weighted by atomic mass is 10.2. The molecule has 1 saturated heterocycles. The second-order valence-electron chi connectivity index (χ2n) is 8.35. The Morgan fingerprint density at radius 1 is 0.941 bits per heavy atom. The summed E-state index contributed by atoms with van der Waals surface area (Å²) in [6.45, 7) is 5.40. The predicted octanol–water partition coefficient (Wildman–Crippen LogP) is 4.24. The van der Waals surface area contributed by atoms with E-state index < -0.39 is 0 Å². The topological polar surface area (TPSA) is 55.5 Å². The second-order valence-corrected chi connectivity index (χ2v) is 8.35. The molecule has 0 atom stereocenters. The molecule has 2 aromatic heterocycles. The molecule has 0 unspecified atom stereocenters. The van der Waals surface area contributed by atoms with Crippen LogP contribution in [0.15, 0.2) is 79.0 Å². The molecule has 5 rings (SSSR count). The minimum absolute atomic E-state index is 0.00504. The number of benzene rings is 2. The largest absolute Gasteiger partial charge is 0.492 e. The molecule has 0 spiro atoms. The third kappa shape index (κ3) is 4.17. The van der Waals surface area contributed by atoms with E-state index in [1.165, 1.54) is 0 Å². The molecule has 0 N–H and O–H groups in total. The number of aryl methyl sites for hydroxylation is 1. The van der Waals surface area contributed by atoms with E-state index in [4.69, 9.17) is 9.84 Å². The summed E-state index contributed by atoms with van der Waals surface area (Å²) in [5.41, 5.74) is 4.28. The van der Waals surface area contributed by atoms with E-state index in [1.54, 1.807) is 4.68 Å². The van der Waals surface area contributed by atoms with Crippen LogP contribution < -0.4 is 9.64 Å². The van der Waals surface area contributed by atoms with Crippen LogP contribution >= 0.6 is 0 Å². The van der Waals surface area contributed by atoms with Gasteiger partial charge in [0.05, 0.1) is 23.7 Å². The van der Waals surface area contributed by atoms with Crippen molar-refractivity contribution in [2.45, 2.75) is 6.92 Å². The SMILES string of the molecule is CCOc1ccccc1N1CCN(C(=O)c2cc(-c3cccn3C)nn2-c2ccccc2)CC1. The summed E-state index contributed by atoms with van der Waals surface area (Å²) >= 11 is 0. The lowest BCUT2D eigenvalue weighted by molar-refractivity contribution is 0.0737. The van der Waals surface area contributed by atoms with Crippen LogP contribution in [0.1, 0.15) is 17.4 Å². The average molecular weight is 456 g/mol. The molecular weight excluding hydrogens is 426 g/mol. The van der Waals surface area contributed by atoms with Crippen LogP contribution in [-0.2, 0) is 7.05 Å². The highest BCUT2D eigenvalue weighted by Gasteiger charge is 2.27. The van der Waals surface area contributed by atoms with Gasteiger partial charge >= 0.3 is 0 Å². The molecule has 1 aliphatic heterocycles. The van der Waals surface area contributed by atoms with E-state index in [9.17, 15) is 4.79 Å². The van der Waals surface area contributed by atoms with Crippen LogP contribution in [0.5, 0.6) is 5.75 Å². The van der Waals surface area contributed by atoms with Crippen LogP contribution in [0.25, 0.3) is 17.1 Å².